The van der Waals surface area contributed by atoms with Gasteiger partial charge in [-0.15, -0.1) is 0 Å². The maximum absolute atomic E-state index is 12.3. The van der Waals surface area contributed by atoms with Crippen LogP contribution in [-0.4, -0.2) is 27.2 Å². The van der Waals surface area contributed by atoms with E-state index in [0.29, 0.717) is 11.3 Å². The third-order valence-electron chi connectivity index (χ3n) is 4.34. The Bertz CT molecular complexity index is 1080. The minimum atomic E-state index is -0.694. The van der Waals surface area contributed by atoms with Gasteiger partial charge in [-0.3, -0.25) is 9.59 Å². The summed E-state index contributed by atoms with van der Waals surface area (Å²) in [6.45, 7) is 1.62. The minimum Gasteiger partial charge on any atom is -0.472 e. The highest BCUT2D eigenvalue weighted by atomic mass is 16.3. The molecule has 1 aromatic carbocycles. The van der Waals surface area contributed by atoms with Gasteiger partial charge in [-0.1, -0.05) is 18.2 Å². The monoisotopic (exact) mass is 374 g/mol. The fraction of sp³-hybridized carbons (Fsp3) is 0.0952. The Labute approximate surface area is 161 Å². The van der Waals surface area contributed by atoms with Crippen LogP contribution < -0.4 is 10.6 Å². The molecule has 3 heterocycles. The predicted octanol–water partition coefficient (Wildman–Crippen LogP) is 3.35. The van der Waals surface area contributed by atoms with Crippen molar-refractivity contribution in [1.82, 2.24) is 14.7 Å². The average Bonchev–Trinajstić information content (AvgIpc) is 3.38. The van der Waals surface area contributed by atoms with Crippen molar-refractivity contribution < 1.29 is 14.0 Å². The van der Waals surface area contributed by atoms with Crippen LogP contribution in [0.3, 0.4) is 0 Å². The first-order chi connectivity index (χ1) is 13.6. The van der Waals surface area contributed by atoms with Crippen LogP contribution in [0, 0.1) is 0 Å². The number of aromatic nitrogens is 2. The van der Waals surface area contributed by atoms with E-state index in [1.165, 1.54) is 18.6 Å². The topological polar surface area (TPSA) is 88.6 Å². The molecule has 0 fully saturated rings. The molecule has 0 saturated heterocycles. The van der Waals surface area contributed by atoms with Gasteiger partial charge in [0.15, 0.2) is 0 Å². The summed E-state index contributed by atoms with van der Waals surface area (Å²) in [7, 11) is 0. The first-order valence-corrected chi connectivity index (χ1v) is 8.78. The highest BCUT2D eigenvalue weighted by Gasteiger charge is 2.17. The molecule has 0 bridgehead atoms. The minimum absolute atomic E-state index is 0.308. The highest BCUT2D eigenvalue weighted by molar-refractivity contribution is 6.00. The molecule has 0 spiro atoms. The second-order valence-corrected chi connectivity index (χ2v) is 6.37. The van der Waals surface area contributed by atoms with Crippen LogP contribution >= 0.6 is 0 Å². The lowest BCUT2D eigenvalue weighted by molar-refractivity contribution is -0.117. The maximum Gasteiger partial charge on any atom is 0.255 e. The summed E-state index contributed by atoms with van der Waals surface area (Å²) >= 11 is 0. The van der Waals surface area contributed by atoms with Crippen molar-refractivity contribution in [2.45, 2.75) is 13.0 Å². The van der Waals surface area contributed by atoms with Crippen molar-refractivity contribution in [2.75, 3.05) is 5.32 Å². The first-order valence-electron chi connectivity index (χ1n) is 8.78. The van der Waals surface area contributed by atoms with E-state index >= 15 is 0 Å². The number of nitrogens with one attached hydrogen (secondary N) is 2. The van der Waals surface area contributed by atoms with Gasteiger partial charge in [0.25, 0.3) is 5.91 Å². The van der Waals surface area contributed by atoms with E-state index in [9.17, 15) is 9.59 Å². The average molecular weight is 374 g/mol. The Morgan fingerprint density at radius 2 is 1.93 bits per heavy atom. The zero-order chi connectivity index (χ0) is 19.5. The summed E-state index contributed by atoms with van der Waals surface area (Å²) in [6.07, 6.45) is 6.64. The van der Waals surface area contributed by atoms with E-state index in [0.717, 1.165) is 16.9 Å². The zero-order valence-electron chi connectivity index (χ0n) is 15.1. The summed E-state index contributed by atoms with van der Waals surface area (Å²) in [5.74, 6) is -0.670. The van der Waals surface area contributed by atoms with Crippen LogP contribution in [0.5, 0.6) is 0 Å². The van der Waals surface area contributed by atoms with Gasteiger partial charge in [-0.05, 0) is 37.3 Å². The Morgan fingerprint density at radius 3 is 2.64 bits per heavy atom. The number of carbonyl (C=O) groups is 2. The molecule has 7 nitrogen and oxygen atoms in total. The van der Waals surface area contributed by atoms with Crippen LogP contribution in [0.4, 0.5) is 5.69 Å². The van der Waals surface area contributed by atoms with Crippen molar-refractivity contribution in [3.63, 3.8) is 0 Å². The largest absolute Gasteiger partial charge is 0.472 e. The predicted molar refractivity (Wildman–Crippen MR) is 105 cm³/mol. The number of anilines is 1. The standard InChI is InChI=1S/C21H18N4O3/c1-14(22-21(27)16-9-11-28-13-16)20(26)23-17-7-5-15(6-8-17)18-12-25-10-3-2-4-19(25)24-18/h2-14H,1H3,(H,22,27)(H,23,26). The van der Waals surface area contributed by atoms with Crippen molar-refractivity contribution in [3.05, 3.63) is 79.0 Å². The summed E-state index contributed by atoms with van der Waals surface area (Å²) in [5.41, 5.74) is 3.68. The summed E-state index contributed by atoms with van der Waals surface area (Å²) < 4.78 is 6.83. The maximum atomic E-state index is 12.3. The van der Waals surface area contributed by atoms with E-state index in [1.807, 2.05) is 59.3 Å². The van der Waals surface area contributed by atoms with Gasteiger partial charge >= 0.3 is 0 Å². The molecule has 2 amide bonds. The Balaban J connectivity index is 1.41. The number of benzene rings is 1. The van der Waals surface area contributed by atoms with Crippen molar-refractivity contribution in [3.8, 4) is 11.3 Å². The molecule has 0 aliphatic rings. The number of nitrogens with zero attached hydrogens (tertiary/aromatic N) is 2. The van der Waals surface area contributed by atoms with Crippen LogP contribution in [0.1, 0.15) is 17.3 Å². The van der Waals surface area contributed by atoms with Gasteiger partial charge in [-0.25, -0.2) is 4.98 Å². The molecule has 4 rings (SSSR count). The summed E-state index contributed by atoms with van der Waals surface area (Å²) in [6, 6.07) is 14.1. The molecule has 0 saturated carbocycles. The molecule has 3 aromatic heterocycles. The lowest BCUT2D eigenvalue weighted by atomic mass is 10.1. The van der Waals surface area contributed by atoms with Crippen molar-refractivity contribution >= 4 is 23.1 Å². The van der Waals surface area contributed by atoms with E-state index < -0.39 is 6.04 Å². The number of fused-ring (bicyclic) bond motifs is 1. The molecule has 4 aromatic rings. The second-order valence-electron chi connectivity index (χ2n) is 6.37. The molecular weight excluding hydrogens is 356 g/mol. The number of hydrogen-bond acceptors (Lipinski definition) is 4. The van der Waals surface area contributed by atoms with E-state index in [4.69, 9.17) is 4.42 Å². The number of rotatable bonds is 5. The third kappa shape index (κ3) is 3.64. The Hall–Kier alpha value is -3.87. The first kappa shape index (κ1) is 17.5. The van der Waals surface area contributed by atoms with Gasteiger partial charge in [0.2, 0.25) is 5.91 Å². The molecule has 7 heteroatoms. The van der Waals surface area contributed by atoms with Crippen molar-refractivity contribution in [1.29, 1.82) is 0 Å². The number of hydrogen-bond donors (Lipinski definition) is 2. The fourth-order valence-corrected chi connectivity index (χ4v) is 2.79. The Kier molecular flexibility index (Phi) is 4.63. The Morgan fingerprint density at radius 1 is 1.11 bits per heavy atom. The number of imidazole rings is 1. The van der Waals surface area contributed by atoms with E-state index in [2.05, 4.69) is 15.6 Å². The normalized spacial score (nSPS) is 11.9. The lowest BCUT2D eigenvalue weighted by Crippen LogP contribution is -2.41. The third-order valence-corrected chi connectivity index (χ3v) is 4.34. The molecule has 140 valence electrons. The quantitative estimate of drug-likeness (QED) is 0.561. The van der Waals surface area contributed by atoms with Crippen LogP contribution in [-0.2, 0) is 4.79 Å². The summed E-state index contributed by atoms with van der Waals surface area (Å²) in [4.78, 5) is 28.9. The molecule has 0 aliphatic carbocycles. The zero-order valence-corrected chi connectivity index (χ0v) is 15.1. The number of furan rings is 1. The number of pyridine rings is 1. The highest BCUT2D eigenvalue weighted by Crippen LogP contribution is 2.21. The van der Waals surface area contributed by atoms with Crippen LogP contribution in [0.15, 0.2) is 77.9 Å². The van der Waals surface area contributed by atoms with Gasteiger partial charge in [0.1, 0.15) is 18.0 Å². The van der Waals surface area contributed by atoms with Gasteiger partial charge in [0, 0.05) is 23.6 Å². The molecule has 1 atom stereocenters. The van der Waals surface area contributed by atoms with Crippen LogP contribution in [0.25, 0.3) is 16.9 Å². The lowest BCUT2D eigenvalue weighted by Gasteiger charge is -2.13. The fourth-order valence-electron chi connectivity index (χ4n) is 2.79. The summed E-state index contributed by atoms with van der Waals surface area (Å²) in [5, 5.41) is 5.43. The molecule has 2 N–H and O–H groups in total. The SMILES string of the molecule is CC(NC(=O)c1ccoc1)C(=O)Nc1ccc(-c2cn3ccccc3n2)cc1. The molecule has 0 radical (unpaired) electrons. The number of amides is 2. The van der Waals surface area contributed by atoms with E-state index in [-0.39, 0.29) is 11.8 Å². The van der Waals surface area contributed by atoms with Crippen molar-refractivity contribution in [2.24, 2.45) is 0 Å². The smallest absolute Gasteiger partial charge is 0.255 e. The second kappa shape index (κ2) is 7.40. The molecular formula is C21H18N4O3. The van der Waals surface area contributed by atoms with Gasteiger partial charge in [0.05, 0.1) is 17.5 Å². The molecule has 1 unspecified atom stereocenters. The molecule has 0 aliphatic heterocycles. The number of carbonyl (C=O) groups excluding carboxylic acids is 2. The van der Waals surface area contributed by atoms with E-state index in [1.54, 1.807) is 6.92 Å². The van der Waals surface area contributed by atoms with Crippen LogP contribution in [0.2, 0.25) is 0 Å². The molecule has 28 heavy (non-hydrogen) atoms. The van der Waals surface area contributed by atoms with Gasteiger partial charge < -0.3 is 19.5 Å². The van der Waals surface area contributed by atoms with Gasteiger partial charge in [-0.2, -0.15) is 0 Å².